The van der Waals surface area contributed by atoms with Gasteiger partial charge in [-0.2, -0.15) is 0 Å². The summed E-state index contributed by atoms with van der Waals surface area (Å²) < 4.78 is 37.5. The first-order chi connectivity index (χ1) is 14.2. The highest BCUT2D eigenvalue weighted by molar-refractivity contribution is 5.57. The van der Waals surface area contributed by atoms with E-state index in [0.717, 1.165) is 11.8 Å². The summed E-state index contributed by atoms with van der Waals surface area (Å²) in [6, 6.07) is 9.85. The lowest BCUT2D eigenvalue weighted by Gasteiger charge is -2.40. The second kappa shape index (κ2) is 7.08. The van der Waals surface area contributed by atoms with E-state index in [1.165, 1.54) is 0 Å². The molecule has 4 heterocycles. The lowest BCUT2D eigenvalue weighted by Crippen LogP contribution is -2.59. The Labute approximate surface area is 176 Å². The molecule has 0 unspecified atom stereocenters. The molecule has 4 aliphatic heterocycles. The van der Waals surface area contributed by atoms with Gasteiger partial charge < -0.3 is 33.2 Å². The number of benzene rings is 1. The molecule has 1 aromatic rings. The van der Waals surface area contributed by atoms with Crippen LogP contribution in [0.15, 0.2) is 30.3 Å². The lowest BCUT2D eigenvalue weighted by molar-refractivity contribution is -0.258. The molecule has 164 valence electrons. The van der Waals surface area contributed by atoms with Crippen LogP contribution in [0.5, 0.6) is 0 Å². The molecule has 0 aromatic heterocycles. The molecule has 0 aliphatic carbocycles. The monoisotopic (exact) mass is 418 g/mol. The van der Waals surface area contributed by atoms with Crippen LogP contribution in [-0.2, 0) is 33.2 Å². The molecule has 7 nitrogen and oxygen atoms in total. The molecule has 9 atom stereocenters. The Morgan fingerprint density at radius 1 is 0.767 bits per heavy atom. The molecule has 4 fully saturated rings. The van der Waals surface area contributed by atoms with Crippen molar-refractivity contribution in [2.45, 2.75) is 89.1 Å². The number of hydrogen-bond acceptors (Lipinski definition) is 7. The van der Waals surface area contributed by atoms with Gasteiger partial charge in [-0.3, -0.25) is 0 Å². The second-order valence-corrected chi connectivity index (χ2v) is 9.64. The van der Waals surface area contributed by atoms with Crippen LogP contribution in [-0.4, -0.2) is 54.7 Å². The molecule has 4 saturated heterocycles. The second-order valence-electron chi connectivity index (χ2n) is 9.64. The first-order valence-corrected chi connectivity index (χ1v) is 10.7. The minimum Gasteiger partial charge on any atom is -0.366 e. The molecule has 7 heteroatoms. The van der Waals surface area contributed by atoms with E-state index in [2.05, 4.69) is 0 Å². The Morgan fingerprint density at radius 3 is 2.03 bits per heavy atom. The molecule has 5 rings (SSSR count). The average molecular weight is 418 g/mol. The minimum absolute atomic E-state index is 0.0578. The van der Waals surface area contributed by atoms with Crippen molar-refractivity contribution < 1.29 is 33.2 Å². The van der Waals surface area contributed by atoms with Gasteiger partial charge in [0.25, 0.3) is 0 Å². The summed E-state index contributed by atoms with van der Waals surface area (Å²) in [5.74, 6) is -1.88. The van der Waals surface area contributed by atoms with Crippen LogP contribution < -0.4 is 0 Å². The zero-order valence-electron chi connectivity index (χ0n) is 18.0. The Bertz CT molecular complexity index is 794. The Morgan fingerprint density at radius 2 is 1.37 bits per heavy atom. The van der Waals surface area contributed by atoms with E-state index < -0.39 is 24.0 Å². The van der Waals surface area contributed by atoms with Crippen LogP contribution in [0.1, 0.15) is 46.3 Å². The minimum atomic E-state index is -0.773. The Kier molecular flexibility index (Phi) is 4.85. The molecule has 0 bridgehead atoms. The van der Waals surface area contributed by atoms with Crippen LogP contribution in [0.25, 0.3) is 0 Å². The Hall–Kier alpha value is -1.35. The highest BCUT2D eigenvalue weighted by atomic mass is 16.9. The molecular weight excluding hydrogens is 388 g/mol. The zero-order valence-corrected chi connectivity index (χ0v) is 18.0. The summed E-state index contributed by atoms with van der Waals surface area (Å²) in [6.07, 6.45) is -1.79. The summed E-state index contributed by atoms with van der Waals surface area (Å²) >= 11 is 0. The number of ether oxygens (including phenoxy) is 6. The van der Waals surface area contributed by atoms with Crippen molar-refractivity contribution in [3.63, 3.8) is 0 Å². The number of fused-ring (bicyclic) bond motifs is 3. The van der Waals surface area contributed by atoms with Crippen molar-refractivity contribution in [3.8, 4) is 0 Å². The number of rotatable bonds is 3. The molecule has 1 aromatic carbocycles. The number of aldehydes is 1. The predicted octanol–water partition coefficient (Wildman–Crippen LogP) is 2.97. The van der Waals surface area contributed by atoms with Gasteiger partial charge in [-0.15, -0.1) is 0 Å². The maximum absolute atomic E-state index is 12.0. The van der Waals surface area contributed by atoms with Crippen molar-refractivity contribution in [3.05, 3.63) is 35.9 Å². The van der Waals surface area contributed by atoms with E-state index in [9.17, 15) is 4.79 Å². The van der Waals surface area contributed by atoms with Gasteiger partial charge in [-0.25, -0.2) is 0 Å². The summed E-state index contributed by atoms with van der Waals surface area (Å²) in [5, 5.41) is 0. The fourth-order valence-corrected chi connectivity index (χ4v) is 5.30. The molecule has 0 spiro atoms. The van der Waals surface area contributed by atoms with E-state index >= 15 is 0 Å². The third-order valence-electron chi connectivity index (χ3n) is 6.58. The quantitative estimate of drug-likeness (QED) is 0.699. The molecule has 30 heavy (non-hydrogen) atoms. The average Bonchev–Trinajstić information content (AvgIpc) is 3.30. The van der Waals surface area contributed by atoms with Gasteiger partial charge in [0.2, 0.25) is 0 Å². The standard InChI is InChI=1S/C23H30O7/c1-12-14(11-24)16(13-9-7-6-8-10-13)25-15(12)17-18-19(28-22(2,3)27-18)20-21(26-17)30-23(4,5)29-20/h6-12,14-21H,1-5H3/t12-,14-,15-,16-,17+,18-,19-,20+,21+/m0/s1. The predicted molar refractivity (Wildman–Crippen MR) is 105 cm³/mol. The van der Waals surface area contributed by atoms with Gasteiger partial charge >= 0.3 is 0 Å². The van der Waals surface area contributed by atoms with Crippen LogP contribution in [0.4, 0.5) is 0 Å². The maximum atomic E-state index is 12.0. The van der Waals surface area contributed by atoms with Crippen LogP contribution in [0.2, 0.25) is 0 Å². The van der Waals surface area contributed by atoms with Crippen molar-refractivity contribution in [1.29, 1.82) is 0 Å². The van der Waals surface area contributed by atoms with Gasteiger partial charge in [-0.1, -0.05) is 37.3 Å². The fraction of sp³-hybridized carbons (Fsp3) is 0.696. The van der Waals surface area contributed by atoms with Gasteiger partial charge in [0.15, 0.2) is 17.9 Å². The van der Waals surface area contributed by atoms with E-state index in [0.29, 0.717) is 0 Å². The summed E-state index contributed by atoms with van der Waals surface area (Å²) in [6.45, 7) is 9.54. The van der Waals surface area contributed by atoms with Gasteiger partial charge in [-0.05, 0) is 39.2 Å². The van der Waals surface area contributed by atoms with Gasteiger partial charge in [0.1, 0.15) is 30.7 Å². The van der Waals surface area contributed by atoms with Gasteiger partial charge in [0.05, 0.1) is 18.1 Å². The number of hydrogen-bond donors (Lipinski definition) is 0. The van der Waals surface area contributed by atoms with Crippen molar-refractivity contribution >= 4 is 6.29 Å². The normalized spacial score (nSPS) is 46.4. The smallest absolute Gasteiger partial charge is 0.190 e. The largest absolute Gasteiger partial charge is 0.366 e. The highest BCUT2D eigenvalue weighted by Gasteiger charge is 2.63. The SMILES string of the molecule is C[C@H]1[C@H](C=O)[C@H](c2ccccc2)O[C@@H]1[C@H]1O[C@@H]2OC(C)(C)O[C@@H]2[C@H]2OC(C)(C)O[C@H]21. The highest BCUT2D eigenvalue weighted by Crippen LogP contribution is 2.49. The zero-order chi connectivity index (χ0) is 21.3. The third-order valence-corrected chi connectivity index (χ3v) is 6.58. The first-order valence-electron chi connectivity index (χ1n) is 10.7. The maximum Gasteiger partial charge on any atom is 0.190 e. The number of carbonyl (C=O) groups excluding carboxylic acids is 1. The van der Waals surface area contributed by atoms with Crippen LogP contribution in [0.3, 0.4) is 0 Å². The van der Waals surface area contributed by atoms with Crippen molar-refractivity contribution in [2.24, 2.45) is 11.8 Å². The van der Waals surface area contributed by atoms with Crippen LogP contribution in [0, 0.1) is 11.8 Å². The van der Waals surface area contributed by atoms with E-state index in [4.69, 9.17) is 28.4 Å². The van der Waals surface area contributed by atoms with Crippen molar-refractivity contribution in [2.75, 3.05) is 0 Å². The lowest BCUT2D eigenvalue weighted by atomic mass is 9.83. The topological polar surface area (TPSA) is 72.5 Å². The molecular formula is C23H30O7. The summed E-state index contributed by atoms with van der Waals surface area (Å²) in [7, 11) is 0. The van der Waals surface area contributed by atoms with E-state index in [1.807, 2.05) is 65.0 Å². The third kappa shape index (κ3) is 3.32. The fourth-order valence-electron chi connectivity index (χ4n) is 5.30. The molecule has 4 aliphatic rings. The van der Waals surface area contributed by atoms with Crippen LogP contribution >= 0.6 is 0 Å². The molecule has 0 amide bonds. The molecule has 0 saturated carbocycles. The summed E-state index contributed by atoms with van der Waals surface area (Å²) in [4.78, 5) is 12.0. The Balaban J connectivity index is 1.46. The van der Waals surface area contributed by atoms with Crippen molar-refractivity contribution in [1.82, 2.24) is 0 Å². The first kappa shape index (κ1) is 20.5. The molecule has 0 radical (unpaired) electrons. The van der Waals surface area contributed by atoms with E-state index in [1.54, 1.807) is 0 Å². The van der Waals surface area contributed by atoms with Gasteiger partial charge in [0, 0.05) is 0 Å². The van der Waals surface area contributed by atoms with E-state index in [-0.39, 0.29) is 42.4 Å². The molecule has 0 N–H and O–H groups in total. The number of carbonyl (C=O) groups is 1. The summed E-state index contributed by atoms with van der Waals surface area (Å²) in [5.41, 5.74) is 0.986.